The van der Waals surface area contributed by atoms with Crippen molar-refractivity contribution in [3.8, 4) is 0 Å². The summed E-state index contributed by atoms with van der Waals surface area (Å²) in [5.74, 6) is 1.89. The standard InChI is InChI=1S/C16H18ClN3O2/c17-12-5-3-10(4-6-12)15(22)13(9-21)19-14-7-8-18-16(20-14)11-1-2-11/h3-8,11,13,15,21-22H,1-2,9H2,(H,18,19,20)/t13-,15-/m1/s1. The molecule has 3 N–H and O–H groups in total. The van der Waals surface area contributed by atoms with Crippen LogP contribution in [0.15, 0.2) is 36.5 Å². The van der Waals surface area contributed by atoms with Gasteiger partial charge in [-0.05, 0) is 36.6 Å². The van der Waals surface area contributed by atoms with Gasteiger partial charge in [0.15, 0.2) is 0 Å². The van der Waals surface area contributed by atoms with E-state index >= 15 is 0 Å². The monoisotopic (exact) mass is 319 g/mol. The van der Waals surface area contributed by atoms with Gasteiger partial charge in [-0.1, -0.05) is 23.7 Å². The molecule has 22 heavy (non-hydrogen) atoms. The first-order valence-corrected chi connectivity index (χ1v) is 7.69. The zero-order chi connectivity index (χ0) is 15.5. The highest BCUT2D eigenvalue weighted by molar-refractivity contribution is 6.30. The van der Waals surface area contributed by atoms with Crippen LogP contribution in [0.4, 0.5) is 5.82 Å². The summed E-state index contributed by atoms with van der Waals surface area (Å²) in [4.78, 5) is 8.70. The van der Waals surface area contributed by atoms with Gasteiger partial charge in [0.05, 0.1) is 12.6 Å². The number of aliphatic hydroxyl groups excluding tert-OH is 2. The highest BCUT2D eigenvalue weighted by Gasteiger charge is 2.27. The Hall–Kier alpha value is -1.69. The van der Waals surface area contributed by atoms with E-state index in [4.69, 9.17) is 11.6 Å². The SMILES string of the molecule is OC[C@@H](Nc1ccnc(C2CC2)n1)[C@H](O)c1ccc(Cl)cc1. The van der Waals surface area contributed by atoms with Crippen LogP contribution in [0.2, 0.25) is 5.02 Å². The summed E-state index contributed by atoms with van der Waals surface area (Å²) < 4.78 is 0. The fourth-order valence-corrected chi connectivity index (χ4v) is 2.43. The maximum absolute atomic E-state index is 10.4. The zero-order valence-electron chi connectivity index (χ0n) is 12.0. The lowest BCUT2D eigenvalue weighted by atomic mass is 10.0. The lowest BCUT2D eigenvalue weighted by Crippen LogP contribution is -2.31. The van der Waals surface area contributed by atoms with Crippen molar-refractivity contribution in [2.24, 2.45) is 0 Å². The molecule has 1 aliphatic carbocycles. The minimum absolute atomic E-state index is 0.216. The molecule has 1 aromatic heterocycles. The molecule has 0 spiro atoms. The summed E-state index contributed by atoms with van der Waals surface area (Å²) in [6, 6.07) is 8.10. The fraction of sp³-hybridized carbons (Fsp3) is 0.375. The minimum atomic E-state index is -0.860. The molecule has 5 nitrogen and oxygen atoms in total. The number of nitrogens with one attached hydrogen (secondary N) is 1. The van der Waals surface area contributed by atoms with Gasteiger partial charge < -0.3 is 15.5 Å². The Balaban J connectivity index is 1.73. The smallest absolute Gasteiger partial charge is 0.133 e. The minimum Gasteiger partial charge on any atom is -0.394 e. The van der Waals surface area contributed by atoms with E-state index in [0.29, 0.717) is 22.3 Å². The molecule has 1 heterocycles. The number of anilines is 1. The molecule has 1 saturated carbocycles. The highest BCUT2D eigenvalue weighted by atomic mass is 35.5. The highest BCUT2D eigenvalue weighted by Crippen LogP contribution is 2.38. The molecule has 3 rings (SSSR count). The number of nitrogens with zero attached hydrogens (tertiary/aromatic N) is 2. The molecule has 0 saturated heterocycles. The van der Waals surface area contributed by atoms with Crippen molar-refractivity contribution in [3.63, 3.8) is 0 Å². The van der Waals surface area contributed by atoms with Crippen molar-refractivity contribution in [3.05, 3.63) is 52.9 Å². The summed E-state index contributed by atoms with van der Waals surface area (Å²) in [6.45, 7) is -0.216. The van der Waals surface area contributed by atoms with Gasteiger partial charge in [0.2, 0.25) is 0 Å². The number of benzene rings is 1. The van der Waals surface area contributed by atoms with Gasteiger partial charge in [0.25, 0.3) is 0 Å². The molecule has 1 aromatic carbocycles. The van der Waals surface area contributed by atoms with E-state index in [0.717, 1.165) is 18.7 Å². The molecule has 2 atom stereocenters. The average Bonchev–Trinajstić information content (AvgIpc) is 3.38. The molecule has 0 aliphatic heterocycles. The first kappa shape index (κ1) is 15.2. The number of aliphatic hydroxyl groups is 2. The number of aromatic nitrogens is 2. The summed E-state index contributed by atoms with van der Waals surface area (Å²) in [7, 11) is 0. The van der Waals surface area contributed by atoms with Crippen LogP contribution in [0.25, 0.3) is 0 Å². The molecule has 0 bridgehead atoms. The molecule has 1 fully saturated rings. The average molecular weight is 320 g/mol. The zero-order valence-corrected chi connectivity index (χ0v) is 12.7. The van der Waals surface area contributed by atoms with E-state index in [-0.39, 0.29) is 6.61 Å². The van der Waals surface area contributed by atoms with Gasteiger partial charge in [0.1, 0.15) is 17.7 Å². The summed E-state index contributed by atoms with van der Waals surface area (Å²) in [6.07, 6.45) is 3.09. The first-order chi connectivity index (χ1) is 10.7. The molecule has 6 heteroatoms. The van der Waals surface area contributed by atoms with Crippen molar-refractivity contribution >= 4 is 17.4 Å². The molecular formula is C16H18ClN3O2. The van der Waals surface area contributed by atoms with E-state index in [1.807, 2.05) is 0 Å². The number of halogens is 1. The molecule has 0 unspecified atom stereocenters. The van der Waals surface area contributed by atoms with Crippen LogP contribution in [0.3, 0.4) is 0 Å². The van der Waals surface area contributed by atoms with E-state index in [1.54, 1.807) is 36.5 Å². The van der Waals surface area contributed by atoms with Crippen molar-refractivity contribution in [1.82, 2.24) is 9.97 Å². The predicted octanol–water partition coefficient (Wildman–Crippen LogP) is 2.51. The van der Waals surface area contributed by atoms with Crippen LogP contribution < -0.4 is 5.32 Å². The fourth-order valence-electron chi connectivity index (χ4n) is 2.30. The molecule has 0 amide bonds. The Kier molecular flexibility index (Phi) is 4.57. The van der Waals surface area contributed by atoms with E-state index in [1.165, 1.54) is 0 Å². The van der Waals surface area contributed by atoms with Crippen molar-refractivity contribution < 1.29 is 10.2 Å². The lowest BCUT2D eigenvalue weighted by Gasteiger charge is -2.23. The largest absolute Gasteiger partial charge is 0.394 e. The third-order valence-electron chi connectivity index (χ3n) is 3.74. The summed E-state index contributed by atoms with van der Waals surface area (Å²) >= 11 is 5.85. The third-order valence-corrected chi connectivity index (χ3v) is 3.99. The second-order valence-electron chi connectivity index (χ2n) is 5.50. The Labute approximate surface area is 134 Å². The van der Waals surface area contributed by atoms with Crippen LogP contribution in [0.5, 0.6) is 0 Å². The van der Waals surface area contributed by atoms with Crippen molar-refractivity contribution in [2.75, 3.05) is 11.9 Å². The van der Waals surface area contributed by atoms with Gasteiger partial charge in [-0.3, -0.25) is 0 Å². The molecule has 1 aliphatic rings. The maximum atomic E-state index is 10.4. The van der Waals surface area contributed by atoms with Crippen LogP contribution in [-0.2, 0) is 0 Å². The van der Waals surface area contributed by atoms with Crippen LogP contribution in [0.1, 0.15) is 36.3 Å². The van der Waals surface area contributed by atoms with Gasteiger partial charge in [0, 0.05) is 17.1 Å². The molecule has 2 aromatic rings. The first-order valence-electron chi connectivity index (χ1n) is 7.31. The Morgan fingerprint density at radius 3 is 2.59 bits per heavy atom. The third kappa shape index (κ3) is 3.55. The van der Waals surface area contributed by atoms with E-state index in [2.05, 4.69) is 15.3 Å². The van der Waals surface area contributed by atoms with E-state index < -0.39 is 12.1 Å². The van der Waals surface area contributed by atoms with Gasteiger partial charge in [-0.25, -0.2) is 9.97 Å². The Morgan fingerprint density at radius 2 is 1.95 bits per heavy atom. The Morgan fingerprint density at radius 1 is 1.23 bits per heavy atom. The van der Waals surface area contributed by atoms with Crippen molar-refractivity contribution in [2.45, 2.75) is 30.9 Å². The summed E-state index contributed by atoms with van der Waals surface area (Å²) in [5.41, 5.74) is 0.687. The quantitative estimate of drug-likeness (QED) is 0.762. The molecule has 116 valence electrons. The van der Waals surface area contributed by atoms with Crippen molar-refractivity contribution in [1.29, 1.82) is 0 Å². The maximum Gasteiger partial charge on any atom is 0.133 e. The van der Waals surface area contributed by atoms with Gasteiger partial charge in [-0.2, -0.15) is 0 Å². The van der Waals surface area contributed by atoms with Crippen LogP contribution in [-0.4, -0.2) is 32.8 Å². The second-order valence-corrected chi connectivity index (χ2v) is 5.94. The lowest BCUT2D eigenvalue weighted by molar-refractivity contribution is 0.118. The topological polar surface area (TPSA) is 78.3 Å². The normalized spacial score (nSPS) is 17.0. The number of hydrogen-bond donors (Lipinski definition) is 3. The van der Waals surface area contributed by atoms with Gasteiger partial charge in [-0.15, -0.1) is 0 Å². The summed E-state index contributed by atoms with van der Waals surface area (Å²) in [5, 5.41) is 23.7. The van der Waals surface area contributed by atoms with E-state index in [9.17, 15) is 10.2 Å². The number of hydrogen-bond acceptors (Lipinski definition) is 5. The number of rotatable bonds is 6. The van der Waals surface area contributed by atoms with Crippen LogP contribution in [0, 0.1) is 0 Å². The van der Waals surface area contributed by atoms with Gasteiger partial charge >= 0.3 is 0 Å². The Bertz CT molecular complexity index is 632. The van der Waals surface area contributed by atoms with Crippen LogP contribution >= 0.6 is 11.6 Å². The second kappa shape index (κ2) is 6.60. The molecule has 0 radical (unpaired) electrons. The predicted molar refractivity (Wildman–Crippen MR) is 84.9 cm³/mol. The molecular weight excluding hydrogens is 302 g/mol.